The Labute approximate surface area is 113 Å². The summed E-state index contributed by atoms with van der Waals surface area (Å²) in [7, 11) is 0. The number of rotatable bonds is 3. The molecule has 0 amide bonds. The Bertz CT molecular complexity index is 246. The third-order valence-corrected chi connectivity index (χ3v) is 4.74. The zero-order valence-corrected chi connectivity index (χ0v) is 12.4. The zero-order valence-electron chi connectivity index (χ0n) is 12.4. The third kappa shape index (κ3) is 3.69. The van der Waals surface area contributed by atoms with E-state index < -0.39 is 0 Å². The molecule has 2 saturated heterocycles. The third-order valence-electron chi connectivity index (χ3n) is 4.74. The van der Waals surface area contributed by atoms with E-state index in [0.29, 0.717) is 12.0 Å². The molecule has 2 heterocycles. The highest BCUT2D eigenvalue weighted by molar-refractivity contribution is 4.87. The number of hydrogen-bond acceptors (Lipinski definition) is 3. The Morgan fingerprint density at radius 1 is 1.11 bits per heavy atom. The average Bonchev–Trinajstić information content (AvgIpc) is 2.33. The Kier molecular flexibility index (Phi) is 5.05. The van der Waals surface area contributed by atoms with E-state index in [-0.39, 0.29) is 0 Å². The van der Waals surface area contributed by atoms with E-state index in [2.05, 4.69) is 30.6 Å². The quantitative estimate of drug-likeness (QED) is 0.832. The van der Waals surface area contributed by atoms with E-state index in [9.17, 15) is 0 Å². The number of nitrogens with two attached hydrogens (primary N) is 1. The lowest BCUT2D eigenvalue weighted by Crippen LogP contribution is -2.54. The minimum atomic E-state index is 0.396. The summed E-state index contributed by atoms with van der Waals surface area (Å²) >= 11 is 0. The lowest BCUT2D eigenvalue weighted by Gasteiger charge is -2.43. The van der Waals surface area contributed by atoms with E-state index in [1.165, 1.54) is 45.4 Å². The minimum Gasteiger partial charge on any atom is -0.326 e. The van der Waals surface area contributed by atoms with Crippen molar-refractivity contribution in [1.82, 2.24) is 9.80 Å². The molecule has 106 valence electrons. The molecule has 0 aliphatic carbocycles. The summed E-state index contributed by atoms with van der Waals surface area (Å²) in [6.45, 7) is 13.2. The van der Waals surface area contributed by atoms with Crippen molar-refractivity contribution in [3.05, 3.63) is 0 Å². The van der Waals surface area contributed by atoms with Crippen molar-refractivity contribution in [1.29, 1.82) is 0 Å². The van der Waals surface area contributed by atoms with Crippen LogP contribution in [0.3, 0.4) is 0 Å². The van der Waals surface area contributed by atoms with Crippen LogP contribution in [-0.2, 0) is 0 Å². The van der Waals surface area contributed by atoms with Crippen molar-refractivity contribution in [2.24, 2.45) is 17.6 Å². The maximum atomic E-state index is 6.22. The SMILES string of the molecule is CC(C)CN1CCC(N2CCC(C)C(N)C2)CC1. The van der Waals surface area contributed by atoms with Crippen LogP contribution in [0.4, 0.5) is 0 Å². The topological polar surface area (TPSA) is 32.5 Å². The number of likely N-dealkylation sites (tertiary alicyclic amines) is 2. The molecule has 2 unspecified atom stereocenters. The maximum absolute atomic E-state index is 6.22. The van der Waals surface area contributed by atoms with Crippen LogP contribution in [0.1, 0.15) is 40.0 Å². The van der Waals surface area contributed by atoms with E-state index in [4.69, 9.17) is 5.73 Å². The lowest BCUT2D eigenvalue weighted by molar-refractivity contribution is 0.0676. The van der Waals surface area contributed by atoms with Crippen molar-refractivity contribution >= 4 is 0 Å². The highest BCUT2D eigenvalue weighted by Gasteiger charge is 2.30. The first kappa shape index (κ1) is 14.3. The van der Waals surface area contributed by atoms with E-state index in [0.717, 1.165) is 18.5 Å². The Morgan fingerprint density at radius 3 is 2.33 bits per heavy atom. The van der Waals surface area contributed by atoms with Gasteiger partial charge < -0.3 is 10.6 Å². The molecule has 0 aromatic carbocycles. The molecule has 2 aliphatic heterocycles. The number of hydrogen-bond donors (Lipinski definition) is 1. The molecule has 0 aromatic heterocycles. The fourth-order valence-electron chi connectivity index (χ4n) is 3.44. The summed E-state index contributed by atoms with van der Waals surface area (Å²) in [5.41, 5.74) is 6.22. The van der Waals surface area contributed by atoms with Crippen LogP contribution in [0.5, 0.6) is 0 Å². The van der Waals surface area contributed by atoms with Crippen LogP contribution < -0.4 is 5.73 Å². The molecule has 3 nitrogen and oxygen atoms in total. The fraction of sp³-hybridized carbons (Fsp3) is 1.00. The van der Waals surface area contributed by atoms with Gasteiger partial charge >= 0.3 is 0 Å². The average molecular weight is 253 g/mol. The minimum absolute atomic E-state index is 0.396. The first-order valence-corrected chi connectivity index (χ1v) is 7.78. The molecular formula is C15H31N3. The number of nitrogens with zero attached hydrogens (tertiary/aromatic N) is 2. The highest BCUT2D eigenvalue weighted by Crippen LogP contribution is 2.23. The van der Waals surface area contributed by atoms with Crippen LogP contribution in [0.2, 0.25) is 0 Å². The van der Waals surface area contributed by atoms with Crippen LogP contribution >= 0.6 is 0 Å². The second kappa shape index (κ2) is 6.36. The molecule has 2 rings (SSSR count). The molecule has 0 bridgehead atoms. The maximum Gasteiger partial charge on any atom is 0.0194 e. The van der Waals surface area contributed by atoms with Crippen molar-refractivity contribution in [2.45, 2.75) is 52.1 Å². The second-order valence-electron chi connectivity index (χ2n) is 6.85. The van der Waals surface area contributed by atoms with Crippen molar-refractivity contribution in [2.75, 3.05) is 32.7 Å². The first-order chi connectivity index (χ1) is 8.56. The summed E-state index contributed by atoms with van der Waals surface area (Å²) in [5, 5.41) is 0. The Balaban J connectivity index is 1.76. The van der Waals surface area contributed by atoms with Gasteiger partial charge in [0.05, 0.1) is 0 Å². The van der Waals surface area contributed by atoms with Crippen LogP contribution in [0, 0.1) is 11.8 Å². The van der Waals surface area contributed by atoms with Gasteiger partial charge in [-0.25, -0.2) is 0 Å². The van der Waals surface area contributed by atoms with Gasteiger partial charge in [-0.3, -0.25) is 4.90 Å². The molecule has 0 saturated carbocycles. The Morgan fingerprint density at radius 2 is 1.78 bits per heavy atom. The van der Waals surface area contributed by atoms with Gasteiger partial charge in [0.25, 0.3) is 0 Å². The van der Waals surface area contributed by atoms with Gasteiger partial charge in [0, 0.05) is 25.2 Å². The van der Waals surface area contributed by atoms with E-state index in [1.807, 2.05) is 0 Å². The van der Waals surface area contributed by atoms with Gasteiger partial charge in [-0.05, 0) is 50.7 Å². The van der Waals surface area contributed by atoms with Crippen LogP contribution in [0.15, 0.2) is 0 Å². The van der Waals surface area contributed by atoms with Gasteiger partial charge in [-0.2, -0.15) is 0 Å². The fourth-order valence-corrected chi connectivity index (χ4v) is 3.44. The smallest absolute Gasteiger partial charge is 0.0194 e. The highest BCUT2D eigenvalue weighted by atomic mass is 15.2. The monoisotopic (exact) mass is 253 g/mol. The molecular weight excluding hydrogens is 222 g/mol. The second-order valence-corrected chi connectivity index (χ2v) is 6.85. The van der Waals surface area contributed by atoms with Crippen molar-refractivity contribution in [3.8, 4) is 0 Å². The van der Waals surface area contributed by atoms with E-state index >= 15 is 0 Å². The standard InChI is InChI=1S/C15H31N3/c1-12(2)10-17-7-5-14(6-8-17)18-9-4-13(3)15(16)11-18/h12-15H,4-11,16H2,1-3H3. The lowest BCUT2D eigenvalue weighted by atomic mass is 9.91. The summed E-state index contributed by atoms with van der Waals surface area (Å²) in [6.07, 6.45) is 3.97. The number of piperidine rings is 2. The normalized spacial score (nSPS) is 33.2. The molecule has 0 aromatic rings. The molecule has 2 aliphatic rings. The predicted molar refractivity (Wildman–Crippen MR) is 77.6 cm³/mol. The van der Waals surface area contributed by atoms with Crippen molar-refractivity contribution < 1.29 is 0 Å². The van der Waals surface area contributed by atoms with Gasteiger partial charge in [0.15, 0.2) is 0 Å². The molecule has 2 N–H and O–H groups in total. The van der Waals surface area contributed by atoms with Gasteiger partial charge in [0.2, 0.25) is 0 Å². The molecule has 2 atom stereocenters. The summed E-state index contributed by atoms with van der Waals surface area (Å²) in [6, 6.07) is 1.19. The summed E-state index contributed by atoms with van der Waals surface area (Å²) < 4.78 is 0. The summed E-state index contributed by atoms with van der Waals surface area (Å²) in [4.78, 5) is 5.30. The van der Waals surface area contributed by atoms with Gasteiger partial charge in [0.1, 0.15) is 0 Å². The summed E-state index contributed by atoms with van der Waals surface area (Å²) in [5.74, 6) is 1.51. The molecule has 2 fully saturated rings. The zero-order chi connectivity index (χ0) is 13.1. The van der Waals surface area contributed by atoms with Crippen LogP contribution in [0.25, 0.3) is 0 Å². The molecule has 18 heavy (non-hydrogen) atoms. The van der Waals surface area contributed by atoms with Crippen LogP contribution in [-0.4, -0.2) is 54.6 Å². The van der Waals surface area contributed by atoms with Gasteiger partial charge in [-0.1, -0.05) is 20.8 Å². The molecule has 0 spiro atoms. The van der Waals surface area contributed by atoms with Crippen molar-refractivity contribution in [3.63, 3.8) is 0 Å². The molecule has 0 radical (unpaired) electrons. The largest absolute Gasteiger partial charge is 0.326 e. The van der Waals surface area contributed by atoms with E-state index in [1.54, 1.807) is 0 Å². The predicted octanol–water partition coefficient (Wildman–Crippen LogP) is 1.78. The van der Waals surface area contributed by atoms with Gasteiger partial charge in [-0.15, -0.1) is 0 Å². The molecule has 3 heteroatoms. The first-order valence-electron chi connectivity index (χ1n) is 7.78. The Hall–Kier alpha value is -0.120.